The zero-order valence-corrected chi connectivity index (χ0v) is 12.7. The molecule has 0 bridgehead atoms. The van der Waals surface area contributed by atoms with E-state index in [0.29, 0.717) is 17.6 Å². The maximum Gasteiger partial charge on any atom is 0.310 e. The summed E-state index contributed by atoms with van der Waals surface area (Å²) in [5.41, 5.74) is 0.700. The van der Waals surface area contributed by atoms with Crippen molar-refractivity contribution in [1.82, 2.24) is 5.32 Å². The topological polar surface area (TPSA) is 58.4 Å². The molecule has 1 heterocycles. The summed E-state index contributed by atoms with van der Waals surface area (Å²) in [7, 11) is 0. The van der Waals surface area contributed by atoms with E-state index in [9.17, 15) is 10.1 Å². The molecule has 5 nitrogen and oxygen atoms in total. The van der Waals surface area contributed by atoms with E-state index in [0.717, 1.165) is 26.1 Å². The highest BCUT2D eigenvalue weighted by molar-refractivity contribution is 6.33. The van der Waals surface area contributed by atoms with Gasteiger partial charge in [0, 0.05) is 19.1 Å². The molecule has 1 aromatic rings. The van der Waals surface area contributed by atoms with Crippen molar-refractivity contribution in [2.75, 3.05) is 24.5 Å². The van der Waals surface area contributed by atoms with Crippen molar-refractivity contribution in [3.8, 4) is 0 Å². The van der Waals surface area contributed by atoms with Crippen LogP contribution in [0.2, 0.25) is 5.02 Å². The van der Waals surface area contributed by atoms with Crippen LogP contribution in [0.15, 0.2) is 18.2 Å². The Hall–Kier alpha value is -1.33. The third kappa shape index (κ3) is 3.47. The van der Waals surface area contributed by atoms with Gasteiger partial charge in [-0.3, -0.25) is 10.1 Å². The highest BCUT2D eigenvalue weighted by Gasteiger charge is 2.30. The summed E-state index contributed by atoms with van der Waals surface area (Å²) >= 11 is 6.05. The van der Waals surface area contributed by atoms with Crippen LogP contribution in [-0.2, 0) is 0 Å². The van der Waals surface area contributed by atoms with Crippen molar-refractivity contribution in [1.29, 1.82) is 0 Å². The number of hydrogen-bond donors (Lipinski definition) is 1. The van der Waals surface area contributed by atoms with Crippen LogP contribution >= 0.6 is 11.6 Å². The first kappa shape index (κ1) is 14.6. The molecule has 1 saturated heterocycles. The largest absolute Gasteiger partial charge is 0.364 e. The summed E-state index contributed by atoms with van der Waals surface area (Å²) in [6.07, 6.45) is 4.76. The van der Waals surface area contributed by atoms with Crippen LogP contribution in [0.5, 0.6) is 0 Å². The molecule has 1 aromatic carbocycles. The lowest BCUT2D eigenvalue weighted by Gasteiger charge is -2.27. The van der Waals surface area contributed by atoms with Crippen LogP contribution in [0.4, 0.5) is 11.4 Å². The van der Waals surface area contributed by atoms with Gasteiger partial charge in [0.05, 0.1) is 4.92 Å². The molecule has 2 aliphatic rings. The summed E-state index contributed by atoms with van der Waals surface area (Å²) in [6, 6.07) is 5.63. The molecule has 1 unspecified atom stereocenters. The molecule has 0 spiro atoms. The molecule has 6 heteroatoms. The Morgan fingerprint density at radius 2 is 2.14 bits per heavy atom. The lowest BCUT2D eigenvalue weighted by Crippen LogP contribution is -2.39. The van der Waals surface area contributed by atoms with E-state index in [4.69, 9.17) is 11.6 Å². The Bertz CT molecular complexity index is 528. The zero-order valence-electron chi connectivity index (χ0n) is 11.9. The van der Waals surface area contributed by atoms with Crippen LogP contribution in [0.3, 0.4) is 0 Å². The number of anilines is 1. The van der Waals surface area contributed by atoms with Crippen molar-refractivity contribution in [2.45, 2.75) is 31.7 Å². The smallest absolute Gasteiger partial charge is 0.310 e. The molecule has 21 heavy (non-hydrogen) atoms. The summed E-state index contributed by atoms with van der Waals surface area (Å²) < 4.78 is 0. The van der Waals surface area contributed by atoms with Gasteiger partial charge in [-0.15, -0.1) is 0 Å². The van der Waals surface area contributed by atoms with Crippen molar-refractivity contribution >= 4 is 23.0 Å². The predicted molar refractivity (Wildman–Crippen MR) is 84.1 cm³/mol. The highest BCUT2D eigenvalue weighted by atomic mass is 35.5. The van der Waals surface area contributed by atoms with Gasteiger partial charge in [-0.05, 0) is 50.3 Å². The number of hydrogen-bond acceptors (Lipinski definition) is 4. The molecule has 0 radical (unpaired) electrons. The Labute approximate surface area is 129 Å². The molecule has 1 atom stereocenters. The minimum absolute atomic E-state index is 0.0396. The van der Waals surface area contributed by atoms with E-state index in [1.165, 1.54) is 19.3 Å². The van der Waals surface area contributed by atoms with Crippen molar-refractivity contribution in [3.63, 3.8) is 0 Å². The van der Waals surface area contributed by atoms with Crippen LogP contribution in [0, 0.1) is 16.0 Å². The molecule has 3 rings (SSSR count). The van der Waals surface area contributed by atoms with Gasteiger partial charge < -0.3 is 10.2 Å². The van der Waals surface area contributed by atoms with Crippen LogP contribution in [0.1, 0.15) is 25.7 Å². The number of rotatable bonds is 6. The summed E-state index contributed by atoms with van der Waals surface area (Å²) in [6.45, 7) is 2.75. The number of nitro groups is 1. The predicted octanol–water partition coefficient (Wildman–Crippen LogP) is 3.22. The van der Waals surface area contributed by atoms with Gasteiger partial charge in [-0.25, -0.2) is 0 Å². The Morgan fingerprint density at radius 3 is 2.76 bits per heavy atom. The fourth-order valence-electron chi connectivity index (χ4n) is 3.00. The number of halogens is 1. The van der Waals surface area contributed by atoms with Crippen molar-refractivity contribution in [2.24, 2.45) is 5.92 Å². The number of nitrogens with zero attached hydrogens (tertiary/aromatic N) is 2. The second-order valence-electron chi connectivity index (χ2n) is 6.01. The molecular weight excluding hydrogens is 290 g/mol. The van der Waals surface area contributed by atoms with Gasteiger partial charge in [0.1, 0.15) is 10.7 Å². The van der Waals surface area contributed by atoms with Gasteiger partial charge in [-0.1, -0.05) is 17.7 Å². The van der Waals surface area contributed by atoms with Gasteiger partial charge in [0.15, 0.2) is 0 Å². The summed E-state index contributed by atoms with van der Waals surface area (Å²) in [4.78, 5) is 13.2. The minimum Gasteiger partial charge on any atom is -0.364 e. The van der Waals surface area contributed by atoms with E-state index in [-0.39, 0.29) is 15.6 Å². The number of para-hydroxylation sites is 1. The first-order valence-corrected chi connectivity index (χ1v) is 7.94. The maximum absolute atomic E-state index is 11.4. The van der Waals surface area contributed by atoms with E-state index in [2.05, 4.69) is 10.2 Å². The van der Waals surface area contributed by atoms with Crippen LogP contribution < -0.4 is 10.2 Å². The zero-order chi connectivity index (χ0) is 14.8. The summed E-state index contributed by atoms with van der Waals surface area (Å²) in [5.74, 6) is 0.671. The Balaban J connectivity index is 1.87. The average molecular weight is 310 g/mol. The molecule has 2 fully saturated rings. The van der Waals surface area contributed by atoms with Crippen LogP contribution in [-0.4, -0.2) is 30.6 Å². The molecule has 1 aliphatic carbocycles. The fourth-order valence-corrected chi connectivity index (χ4v) is 3.24. The normalized spacial score (nSPS) is 21.5. The lowest BCUT2D eigenvalue weighted by molar-refractivity contribution is -0.384. The fraction of sp³-hybridized carbons (Fsp3) is 0.600. The first-order valence-electron chi connectivity index (χ1n) is 7.56. The van der Waals surface area contributed by atoms with E-state index < -0.39 is 0 Å². The highest BCUT2D eigenvalue weighted by Crippen LogP contribution is 2.38. The molecule has 114 valence electrons. The maximum atomic E-state index is 11.4. The molecule has 0 aromatic heterocycles. The molecule has 0 amide bonds. The van der Waals surface area contributed by atoms with Crippen LogP contribution in [0.25, 0.3) is 0 Å². The van der Waals surface area contributed by atoms with Gasteiger partial charge in [0.25, 0.3) is 0 Å². The molecule has 1 aliphatic heterocycles. The van der Waals surface area contributed by atoms with Gasteiger partial charge in [0.2, 0.25) is 0 Å². The van der Waals surface area contributed by atoms with E-state index >= 15 is 0 Å². The monoisotopic (exact) mass is 309 g/mol. The SMILES string of the molecule is O=[N+]([O-])c1c(Cl)cccc1N(CC1CC1)CC1CCCN1. The van der Waals surface area contributed by atoms with Gasteiger partial charge in [-0.2, -0.15) is 0 Å². The number of nitro benzene ring substituents is 1. The standard InChI is InChI=1S/C15H20ClN3O2/c16-13-4-1-5-14(15(13)19(20)21)18(9-11-6-7-11)10-12-3-2-8-17-12/h1,4-5,11-12,17H,2-3,6-10H2. The van der Waals surface area contributed by atoms with Crippen molar-refractivity contribution < 1.29 is 4.92 Å². The average Bonchev–Trinajstić information content (AvgIpc) is 3.11. The molecule has 1 saturated carbocycles. The third-order valence-electron chi connectivity index (χ3n) is 4.27. The first-order chi connectivity index (χ1) is 10.1. The number of nitrogens with one attached hydrogen (secondary N) is 1. The van der Waals surface area contributed by atoms with E-state index in [1.807, 2.05) is 6.07 Å². The summed E-state index contributed by atoms with van der Waals surface area (Å²) in [5, 5.41) is 15.1. The Morgan fingerprint density at radius 1 is 1.33 bits per heavy atom. The second kappa shape index (κ2) is 6.20. The lowest BCUT2D eigenvalue weighted by atomic mass is 10.1. The third-order valence-corrected chi connectivity index (χ3v) is 4.57. The van der Waals surface area contributed by atoms with Crippen molar-refractivity contribution in [3.05, 3.63) is 33.3 Å². The second-order valence-corrected chi connectivity index (χ2v) is 6.41. The molecular formula is C15H20ClN3O2. The minimum atomic E-state index is -0.361. The molecule has 1 N–H and O–H groups in total. The quantitative estimate of drug-likeness (QED) is 0.647. The Kier molecular flexibility index (Phi) is 4.31. The van der Waals surface area contributed by atoms with Gasteiger partial charge >= 0.3 is 5.69 Å². The number of benzene rings is 1. The van der Waals surface area contributed by atoms with E-state index in [1.54, 1.807) is 12.1 Å².